The maximum Gasteiger partial charge on any atom is 0.307 e. The lowest BCUT2D eigenvalue weighted by molar-refractivity contribution is -0.141. The number of ether oxygens (including phenoxy) is 1. The first kappa shape index (κ1) is 14.1. The number of nitrogens with one attached hydrogen (secondary N) is 1. The van der Waals surface area contributed by atoms with E-state index in [0.717, 1.165) is 18.9 Å². The second-order valence-corrected chi connectivity index (χ2v) is 5.23. The number of benzene rings is 1. The fourth-order valence-electron chi connectivity index (χ4n) is 2.32. The summed E-state index contributed by atoms with van der Waals surface area (Å²) < 4.78 is 4.79. The molecule has 1 N–H and O–H groups in total. The van der Waals surface area contributed by atoms with Crippen molar-refractivity contribution in [2.75, 3.05) is 13.7 Å². The van der Waals surface area contributed by atoms with Crippen molar-refractivity contribution in [2.24, 2.45) is 0 Å². The first-order valence-electron chi connectivity index (χ1n) is 7.14. The standard InChI is InChI=1S/C16H23NO2/c1-3-9-17-15(11-16(18)19-2)14-6-4-5-13(10-14)12-7-8-12/h4-6,10,12,15,17H,3,7-9,11H2,1-2H3. The molecule has 0 amide bonds. The van der Waals surface area contributed by atoms with Gasteiger partial charge in [-0.25, -0.2) is 0 Å². The Morgan fingerprint density at radius 3 is 2.89 bits per heavy atom. The van der Waals surface area contributed by atoms with Crippen molar-refractivity contribution in [1.82, 2.24) is 5.32 Å². The van der Waals surface area contributed by atoms with Crippen molar-refractivity contribution in [1.29, 1.82) is 0 Å². The first-order chi connectivity index (χ1) is 9.24. The summed E-state index contributed by atoms with van der Waals surface area (Å²) in [5.41, 5.74) is 2.61. The Bertz CT molecular complexity index is 427. The molecule has 1 aromatic rings. The Morgan fingerprint density at radius 2 is 2.26 bits per heavy atom. The normalized spacial score (nSPS) is 16.1. The van der Waals surface area contributed by atoms with Crippen LogP contribution in [0.2, 0.25) is 0 Å². The zero-order valence-corrected chi connectivity index (χ0v) is 11.8. The van der Waals surface area contributed by atoms with Gasteiger partial charge in [-0.15, -0.1) is 0 Å². The van der Waals surface area contributed by atoms with Gasteiger partial charge in [0.05, 0.1) is 13.5 Å². The van der Waals surface area contributed by atoms with E-state index in [1.807, 2.05) is 0 Å². The molecule has 0 aliphatic heterocycles. The third kappa shape index (κ3) is 4.06. The predicted molar refractivity (Wildman–Crippen MR) is 76.1 cm³/mol. The molecule has 104 valence electrons. The Balaban J connectivity index is 2.10. The lowest BCUT2D eigenvalue weighted by Crippen LogP contribution is -2.25. The van der Waals surface area contributed by atoms with Crippen molar-refractivity contribution < 1.29 is 9.53 Å². The molecule has 1 unspecified atom stereocenters. The van der Waals surface area contributed by atoms with Crippen LogP contribution in [0, 0.1) is 0 Å². The summed E-state index contributed by atoms with van der Waals surface area (Å²) in [7, 11) is 1.44. The van der Waals surface area contributed by atoms with Gasteiger partial charge in [0, 0.05) is 6.04 Å². The van der Waals surface area contributed by atoms with Crippen molar-refractivity contribution in [3.05, 3.63) is 35.4 Å². The van der Waals surface area contributed by atoms with Crippen LogP contribution in [-0.2, 0) is 9.53 Å². The van der Waals surface area contributed by atoms with Crippen molar-refractivity contribution >= 4 is 5.97 Å². The summed E-state index contributed by atoms with van der Waals surface area (Å²) in [6.45, 7) is 3.04. The summed E-state index contributed by atoms with van der Waals surface area (Å²) in [5, 5.41) is 3.44. The van der Waals surface area contributed by atoms with Crippen LogP contribution in [0.15, 0.2) is 24.3 Å². The molecule has 0 spiro atoms. The predicted octanol–water partition coefficient (Wildman–Crippen LogP) is 3.17. The molecule has 1 aromatic carbocycles. The Morgan fingerprint density at radius 1 is 1.47 bits per heavy atom. The number of carbonyl (C=O) groups excluding carboxylic acids is 1. The maximum absolute atomic E-state index is 11.5. The molecule has 0 aromatic heterocycles. The van der Waals surface area contributed by atoms with Gasteiger partial charge < -0.3 is 10.1 Å². The van der Waals surface area contributed by atoms with Gasteiger partial charge in [-0.2, -0.15) is 0 Å². The van der Waals surface area contributed by atoms with E-state index in [4.69, 9.17) is 4.74 Å². The largest absolute Gasteiger partial charge is 0.469 e. The molecule has 1 saturated carbocycles. The molecule has 3 nitrogen and oxygen atoms in total. The number of rotatable bonds is 7. The van der Waals surface area contributed by atoms with Gasteiger partial charge in [0.1, 0.15) is 0 Å². The van der Waals surface area contributed by atoms with E-state index >= 15 is 0 Å². The van der Waals surface area contributed by atoms with Crippen molar-refractivity contribution in [3.63, 3.8) is 0 Å². The first-order valence-corrected chi connectivity index (χ1v) is 7.14. The Kier molecular flexibility index (Phi) is 4.97. The molecular weight excluding hydrogens is 238 g/mol. The third-order valence-corrected chi connectivity index (χ3v) is 3.60. The Hall–Kier alpha value is -1.35. The van der Waals surface area contributed by atoms with E-state index in [1.165, 1.54) is 31.1 Å². The van der Waals surface area contributed by atoms with Crippen LogP contribution in [0.25, 0.3) is 0 Å². The van der Waals surface area contributed by atoms with Crippen LogP contribution in [0.3, 0.4) is 0 Å². The molecule has 0 heterocycles. The van der Waals surface area contributed by atoms with Gasteiger partial charge in [0.25, 0.3) is 0 Å². The van der Waals surface area contributed by atoms with Crippen LogP contribution in [-0.4, -0.2) is 19.6 Å². The number of methoxy groups -OCH3 is 1. The molecule has 1 fully saturated rings. The topological polar surface area (TPSA) is 38.3 Å². The highest BCUT2D eigenvalue weighted by atomic mass is 16.5. The fourth-order valence-corrected chi connectivity index (χ4v) is 2.32. The minimum Gasteiger partial charge on any atom is -0.469 e. The highest BCUT2D eigenvalue weighted by Gasteiger charge is 2.24. The smallest absolute Gasteiger partial charge is 0.307 e. The second kappa shape index (κ2) is 6.71. The average molecular weight is 261 g/mol. The number of esters is 1. The van der Waals surface area contributed by atoms with Gasteiger partial charge >= 0.3 is 5.97 Å². The minimum absolute atomic E-state index is 0.0612. The summed E-state index contributed by atoms with van der Waals surface area (Å²) in [6.07, 6.45) is 4.05. The zero-order valence-electron chi connectivity index (χ0n) is 11.8. The van der Waals surface area contributed by atoms with Gasteiger partial charge in [-0.05, 0) is 42.9 Å². The highest BCUT2D eigenvalue weighted by molar-refractivity contribution is 5.70. The SMILES string of the molecule is CCCNC(CC(=O)OC)c1cccc(C2CC2)c1. The summed E-state index contributed by atoms with van der Waals surface area (Å²) >= 11 is 0. The van der Waals surface area contributed by atoms with Gasteiger partial charge in [-0.3, -0.25) is 4.79 Å². The monoisotopic (exact) mass is 261 g/mol. The molecule has 0 bridgehead atoms. The summed E-state index contributed by atoms with van der Waals surface area (Å²) in [6, 6.07) is 8.69. The van der Waals surface area contributed by atoms with E-state index < -0.39 is 0 Å². The lowest BCUT2D eigenvalue weighted by Gasteiger charge is -2.18. The van der Waals surface area contributed by atoms with Crippen molar-refractivity contribution in [3.8, 4) is 0 Å². The summed E-state index contributed by atoms with van der Waals surface area (Å²) in [4.78, 5) is 11.5. The molecule has 3 heteroatoms. The summed E-state index contributed by atoms with van der Waals surface area (Å²) in [5.74, 6) is 0.579. The lowest BCUT2D eigenvalue weighted by atomic mass is 9.99. The maximum atomic E-state index is 11.5. The average Bonchev–Trinajstić information content (AvgIpc) is 3.27. The van der Waals surface area contributed by atoms with Crippen LogP contribution >= 0.6 is 0 Å². The highest BCUT2D eigenvalue weighted by Crippen LogP contribution is 2.40. The molecule has 1 atom stereocenters. The second-order valence-electron chi connectivity index (χ2n) is 5.23. The molecule has 0 saturated heterocycles. The molecule has 1 aliphatic carbocycles. The molecule has 2 rings (SSSR count). The quantitative estimate of drug-likeness (QED) is 0.766. The minimum atomic E-state index is -0.162. The Labute approximate surface area is 115 Å². The van der Waals surface area contributed by atoms with Gasteiger partial charge in [0.2, 0.25) is 0 Å². The van der Waals surface area contributed by atoms with E-state index in [2.05, 4.69) is 36.5 Å². The van der Waals surface area contributed by atoms with Gasteiger partial charge in [0.15, 0.2) is 0 Å². The van der Waals surface area contributed by atoms with E-state index in [9.17, 15) is 4.79 Å². The van der Waals surface area contributed by atoms with Crippen molar-refractivity contribution in [2.45, 2.75) is 44.6 Å². The number of carbonyl (C=O) groups is 1. The fraction of sp³-hybridized carbons (Fsp3) is 0.562. The molecule has 0 radical (unpaired) electrons. The van der Waals surface area contributed by atoms with Crippen LogP contribution in [0.5, 0.6) is 0 Å². The van der Waals surface area contributed by atoms with Crippen LogP contribution in [0.4, 0.5) is 0 Å². The number of hydrogen-bond donors (Lipinski definition) is 1. The molecular formula is C16H23NO2. The molecule has 1 aliphatic rings. The van der Waals surface area contributed by atoms with E-state index in [0.29, 0.717) is 6.42 Å². The van der Waals surface area contributed by atoms with Crippen LogP contribution < -0.4 is 5.32 Å². The molecule has 19 heavy (non-hydrogen) atoms. The zero-order chi connectivity index (χ0) is 13.7. The van der Waals surface area contributed by atoms with E-state index in [-0.39, 0.29) is 12.0 Å². The number of hydrogen-bond acceptors (Lipinski definition) is 3. The van der Waals surface area contributed by atoms with Gasteiger partial charge in [-0.1, -0.05) is 31.2 Å². The third-order valence-electron chi connectivity index (χ3n) is 3.60. The van der Waals surface area contributed by atoms with E-state index in [1.54, 1.807) is 0 Å². The van der Waals surface area contributed by atoms with Crippen LogP contribution in [0.1, 0.15) is 55.7 Å².